The van der Waals surface area contributed by atoms with Crippen LogP contribution in [0.15, 0.2) is 18.2 Å². The predicted molar refractivity (Wildman–Crippen MR) is 59.6 cm³/mol. The number of ketones is 1. The van der Waals surface area contributed by atoms with Crippen molar-refractivity contribution in [1.29, 1.82) is 0 Å². The van der Waals surface area contributed by atoms with E-state index in [1.165, 1.54) is 6.92 Å². The highest BCUT2D eigenvalue weighted by Crippen LogP contribution is 2.26. The maximum Gasteiger partial charge on any atom is 0.159 e. The lowest BCUT2D eigenvalue weighted by atomic mass is 10.1. The van der Waals surface area contributed by atoms with Crippen LogP contribution in [0, 0.1) is 0 Å². The summed E-state index contributed by atoms with van der Waals surface area (Å²) in [6.45, 7) is 1.49. The van der Waals surface area contributed by atoms with E-state index in [4.69, 9.17) is 23.2 Å². The third-order valence-electron chi connectivity index (χ3n) is 2.10. The van der Waals surface area contributed by atoms with E-state index in [-0.39, 0.29) is 16.1 Å². The number of carbonyl (C=O) groups is 1. The minimum Gasteiger partial charge on any atom is -0.295 e. The molecule has 1 aromatic carbocycles. The molecule has 0 spiro atoms. The lowest BCUT2D eigenvalue weighted by molar-refractivity contribution is 0.101. The molecule has 0 saturated heterocycles. The van der Waals surface area contributed by atoms with Crippen LogP contribution in [0.1, 0.15) is 17.3 Å². The van der Waals surface area contributed by atoms with E-state index in [9.17, 15) is 4.79 Å². The minimum atomic E-state index is -0.0269. The van der Waals surface area contributed by atoms with E-state index in [1.54, 1.807) is 18.2 Å². The molecule has 2 rings (SSSR count). The van der Waals surface area contributed by atoms with Gasteiger partial charge in [-0.05, 0) is 13.0 Å². The van der Waals surface area contributed by atoms with Gasteiger partial charge in [-0.3, -0.25) is 4.79 Å². The van der Waals surface area contributed by atoms with Crippen molar-refractivity contribution in [1.82, 2.24) is 10.2 Å². The van der Waals surface area contributed by atoms with Crippen LogP contribution in [0.2, 0.25) is 10.3 Å². The molecule has 1 heterocycles. The van der Waals surface area contributed by atoms with Gasteiger partial charge >= 0.3 is 0 Å². The first-order valence-corrected chi connectivity index (χ1v) is 4.97. The number of hydrogen-bond donors (Lipinski definition) is 0. The molecule has 0 aliphatic heterocycles. The zero-order valence-electron chi connectivity index (χ0n) is 7.79. The first kappa shape index (κ1) is 10.3. The Balaban J connectivity index is 2.81. The second-order valence-corrected chi connectivity index (χ2v) is 3.81. The molecule has 0 saturated carbocycles. The Morgan fingerprint density at radius 1 is 1.13 bits per heavy atom. The fraction of sp³-hybridized carbons (Fsp3) is 0.100. The number of fused-ring (bicyclic) bond motifs is 1. The third kappa shape index (κ3) is 1.80. The summed E-state index contributed by atoms with van der Waals surface area (Å²) in [6.07, 6.45) is 0. The molecule has 0 fully saturated rings. The second kappa shape index (κ2) is 3.76. The highest BCUT2D eigenvalue weighted by atomic mass is 35.5. The first-order chi connectivity index (χ1) is 7.09. The van der Waals surface area contributed by atoms with Gasteiger partial charge in [0, 0.05) is 16.3 Å². The minimum absolute atomic E-state index is 0.0269. The Labute approximate surface area is 96.0 Å². The van der Waals surface area contributed by atoms with Crippen LogP contribution < -0.4 is 0 Å². The number of aromatic nitrogens is 2. The normalized spacial score (nSPS) is 10.6. The molecule has 3 nitrogen and oxygen atoms in total. The maximum absolute atomic E-state index is 11.2. The van der Waals surface area contributed by atoms with Gasteiger partial charge in [-0.25, -0.2) is 0 Å². The zero-order valence-corrected chi connectivity index (χ0v) is 9.30. The summed E-state index contributed by atoms with van der Waals surface area (Å²) in [5.41, 5.74) is 0.577. The van der Waals surface area contributed by atoms with E-state index in [2.05, 4.69) is 10.2 Å². The Hall–Kier alpha value is -1.19. The fourth-order valence-electron chi connectivity index (χ4n) is 1.31. The van der Waals surface area contributed by atoms with Gasteiger partial charge in [0.1, 0.15) is 0 Å². The standard InChI is InChI=1S/C10H6Cl2N2O/c1-5(15)6-2-3-7-8(4-6)10(12)14-13-9(7)11/h2-4H,1H3. The number of nitrogens with zero attached hydrogens (tertiary/aromatic N) is 2. The highest BCUT2D eigenvalue weighted by Gasteiger charge is 2.08. The van der Waals surface area contributed by atoms with Crippen LogP contribution in [0.4, 0.5) is 0 Å². The van der Waals surface area contributed by atoms with Crippen molar-refractivity contribution in [2.24, 2.45) is 0 Å². The van der Waals surface area contributed by atoms with E-state index in [0.717, 1.165) is 0 Å². The lowest BCUT2D eigenvalue weighted by Crippen LogP contribution is -1.93. The molecule has 2 aromatic rings. The molecule has 0 radical (unpaired) electrons. The molecular weight excluding hydrogens is 235 g/mol. The molecule has 0 bridgehead atoms. The number of carbonyl (C=O) groups excluding carboxylic acids is 1. The van der Waals surface area contributed by atoms with Crippen LogP contribution in [0.3, 0.4) is 0 Å². The van der Waals surface area contributed by atoms with Gasteiger partial charge in [-0.2, -0.15) is 0 Å². The second-order valence-electron chi connectivity index (χ2n) is 3.10. The topological polar surface area (TPSA) is 42.9 Å². The van der Waals surface area contributed by atoms with Crippen LogP contribution in [0.25, 0.3) is 10.8 Å². The average Bonchev–Trinajstić information content (AvgIpc) is 2.23. The summed E-state index contributed by atoms with van der Waals surface area (Å²) in [5.74, 6) is -0.0269. The van der Waals surface area contributed by atoms with Crippen molar-refractivity contribution >= 4 is 39.8 Å². The highest BCUT2D eigenvalue weighted by molar-refractivity contribution is 6.38. The van der Waals surface area contributed by atoms with Crippen molar-refractivity contribution in [3.05, 3.63) is 34.1 Å². The molecule has 5 heteroatoms. The number of hydrogen-bond acceptors (Lipinski definition) is 3. The van der Waals surface area contributed by atoms with Gasteiger partial charge in [-0.1, -0.05) is 35.3 Å². The lowest BCUT2D eigenvalue weighted by Gasteiger charge is -2.02. The summed E-state index contributed by atoms with van der Waals surface area (Å²) in [5, 5.41) is 9.23. The van der Waals surface area contributed by atoms with Crippen LogP contribution >= 0.6 is 23.2 Å². The smallest absolute Gasteiger partial charge is 0.159 e. The fourth-order valence-corrected chi connectivity index (χ4v) is 1.71. The molecule has 0 amide bonds. The van der Waals surface area contributed by atoms with Crippen LogP contribution in [-0.2, 0) is 0 Å². The largest absolute Gasteiger partial charge is 0.295 e. The van der Waals surface area contributed by atoms with E-state index in [0.29, 0.717) is 16.3 Å². The monoisotopic (exact) mass is 240 g/mol. The Morgan fingerprint density at radius 2 is 1.73 bits per heavy atom. The SMILES string of the molecule is CC(=O)c1ccc2c(Cl)nnc(Cl)c2c1. The molecule has 0 unspecified atom stereocenters. The molecular formula is C10H6Cl2N2O. The molecule has 0 atom stereocenters. The third-order valence-corrected chi connectivity index (χ3v) is 2.65. The molecule has 15 heavy (non-hydrogen) atoms. The molecule has 76 valence electrons. The van der Waals surface area contributed by atoms with E-state index >= 15 is 0 Å². The summed E-state index contributed by atoms with van der Waals surface area (Å²) in [4.78, 5) is 11.2. The summed E-state index contributed by atoms with van der Waals surface area (Å²) in [6, 6.07) is 5.07. The van der Waals surface area contributed by atoms with Crippen molar-refractivity contribution in [2.75, 3.05) is 0 Å². The van der Waals surface area contributed by atoms with Crippen molar-refractivity contribution < 1.29 is 4.79 Å². The van der Waals surface area contributed by atoms with Gasteiger partial charge in [0.15, 0.2) is 16.1 Å². The summed E-state index contributed by atoms with van der Waals surface area (Å²) >= 11 is 11.7. The molecule has 0 aliphatic carbocycles. The molecule has 1 aromatic heterocycles. The molecule has 0 N–H and O–H groups in total. The predicted octanol–water partition coefficient (Wildman–Crippen LogP) is 3.14. The quantitative estimate of drug-likeness (QED) is 0.720. The van der Waals surface area contributed by atoms with Gasteiger partial charge < -0.3 is 0 Å². The Morgan fingerprint density at radius 3 is 2.33 bits per heavy atom. The summed E-state index contributed by atoms with van der Waals surface area (Å²) in [7, 11) is 0. The van der Waals surface area contributed by atoms with Crippen LogP contribution in [0.5, 0.6) is 0 Å². The molecule has 0 aliphatic rings. The zero-order chi connectivity index (χ0) is 11.0. The van der Waals surface area contributed by atoms with Crippen molar-refractivity contribution in [3.8, 4) is 0 Å². The number of rotatable bonds is 1. The van der Waals surface area contributed by atoms with Gasteiger partial charge in [0.25, 0.3) is 0 Å². The number of benzene rings is 1. The van der Waals surface area contributed by atoms with Crippen molar-refractivity contribution in [3.63, 3.8) is 0 Å². The average molecular weight is 241 g/mol. The first-order valence-electron chi connectivity index (χ1n) is 4.22. The van der Waals surface area contributed by atoms with Gasteiger partial charge in [0.05, 0.1) is 0 Å². The number of halogens is 2. The number of Topliss-reactive ketones (excluding diaryl/α,β-unsaturated/α-hetero) is 1. The van der Waals surface area contributed by atoms with Crippen molar-refractivity contribution in [2.45, 2.75) is 6.92 Å². The Kier molecular flexibility index (Phi) is 2.59. The van der Waals surface area contributed by atoms with Gasteiger partial charge in [-0.15, -0.1) is 10.2 Å². The summed E-state index contributed by atoms with van der Waals surface area (Å²) < 4.78 is 0. The van der Waals surface area contributed by atoms with E-state index in [1.807, 2.05) is 0 Å². The van der Waals surface area contributed by atoms with Crippen LogP contribution in [-0.4, -0.2) is 16.0 Å². The van der Waals surface area contributed by atoms with E-state index < -0.39 is 0 Å². The maximum atomic E-state index is 11.2. The van der Waals surface area contributed by atoms with Gasteiger partial charge in [0.2, 0.25) is 0 Å². The Bertz CT molecular complexity index is 554.